The molecule has 3 atom stereocenters. The van der Waals surface area contributed by atoms with Crippen LogP contribution in [0.3, 0.4) is 0 Å². The normalized spacial score (nSPS) is 38.0. The molecule has 0 aromatic rings. The van der Waals surface area contributed by atoms with Crippen LogP contribution < -0.4 is 0 Å². The van der Waals surface area contributed by atoms with E-state index in [1.54, 1.807) is 18.7 Å². The van der Waals surface area contributed by atoms with Crippen molar-refractivity contribution >= 4 is 11.7 Å². The van der Waals surface area contributed by atoms with Crippen LogP contribution in [-0.4, -0.2) is 29.2 Å². The number of hydrogen-bond donors (Lipinski definition) is 0. The molecule has 3 heteroatoms. The first kappa shape index (κ1) is 9.69. The van der Waals surface area contributed by atoms with Crippen molar-refractivity contribution in [2.24, 2.45) is 17.3 Å². The molecule has 78 valence electrons. The second kappa shape index (κ2) is 2.59. The number of nitrogens with zero attached hydrogens (tertiary/aromatic N) is 1. The summed E-state index contributed by atoms with van der Waals surface area (Å²) >= 11 is 0. The standard InChI is InChI=1S/C11H17NO2/c1-6(13)10-9-8(11(9,3)4)5-12(10)7(2)14/h8-10H,5H2,1-4H3/t8?,9-,10+/m0/s1. The van der Waals surface area contributed by atoms with Gasteiger partial charge in [-0.05, 0) is 24.2 Å². The van der Waals surface area contributed by atoms with Crippen LogP contribution >= 0.6 is 0 Å². The Morgan fingerprint density at radius 3 is 2.29 bits per heavy atom. The van der Waals surface area contributed by atoms with Crippen molar-refractivity contribution in [3.05, 3.63) is 0 Å². The highest BCUT2D eigenvalue weighted by atomic mass is 16.2. The van der Waals surface area contributed by atoms with Gasteiger partial charge >= 0.3 is 0 Å². The van der Waals surface area contributed by atoms with Crippen LogP contribution in [0.4, 0.5) is 0 Å². The van der Waals surface area contributed by atoms with E-state index in [4.69, 9.17) is 0 Å². The predicted octanol–water partition coefficient (Wildman–Crippen LogP) is 1.08. The Hall–Kier alpha value is -0.860. The Kier molecular flexibility index (Phi) is 1.79. The molecular formula is C11H17NO2. The maximum atomic E-state index is 11.5. The molecule has 0 radical (unpaired) electrons. The number of amides is 1. The van der Waals surface area contributed by atoms with Gasteiger partial charge in [-0.25, -0.2) is 0 Å². The first-order chi connectivity index (χ1) is 6.37. The highest BCUT2D eigenvalue weighted by molar-refractivity contribution is 5.88. The number of Topliss-reactive ketones (excluding diaryl/α,β-unsaturated/α-hetero) is 1. The molecule has 0 N–H and O–H groups in total. The van der Waals surface area contributed by atoms with Gasteiger partial charge in [0.25, 0.3) is 0 Å². The minimum atomic E-state index is -0.146. The summed E-state index contributed by atoms with van der Waals surface area (Å²) in [5.74, 6) is 1.12. The van der Waals surface area contributed by atoms with Crippen molar-refractivity contribution < 1.29 is 9.59 Å². The van der Waals surface area contributed by atoms with Crippen molar-refractivity contribution in [1.82, 2.24) is 4.90 Å². The Morgan fingerprint density at radius 2 is 1.86 bits per heavy atom. The third kappa shape index (κ3) is 1.04. The Balaban J connectivity index is 2.23. The van der Waals surface area contributed by atoms with E-state index in [0.29, 0.717) is 11.8 Å². The van der Waals surface area contributed by atoms with E-state index in [-0.39, 0.29) is 23.1 Å². The van der Waals surface area contributed by atoms with Gasteiger partial charge in [0.1, 0.15) is 0 Å². The number of fused-ring (bicyclic) bond motifs is 1. The van der Waals surface area contributed by atoms with E-state index in [9.17, 15) is 9.59 Å². The highest BCUT2D eigenvalue weighted by Gasteiger charge is 2.68. The van der Waals surface area contributed by atoms with Gasteiger partial charge in [-0.1, -0.05) is 13.8 Å². The molecule has 1 heterocycles. The summed E-state index contributed by atoms with van der Waals surface area (Å²) in [5.41, 5.74) is 0.266. The average Bonchev–Trinajstić information content (AvgIpc) is 2.47. The average molecular weight is 195 g/mol. The van der Waals surface area contributed by atoms with Crippen LogP contribution in [0, 0.1) is 17.3 Å². The first-order valence-corrected chi connectivity index (χ1v) is 5.15. The molecule has 0 aromatic heterocycles. The van der Waals surface area contributed by atoms with Crippen LogP contribution in [0.2, 0.25) is 0 Å². The summed E-state index contributed by atoms with van der Waals surface area (Å²) in [5, 5.41) is 0. The molecule has 2 rings (SSSR count). The Labute approximate surface area is 84.5 Å². The lowest BCUT2D eigenvalue weighted by atomic mass is 9.99. The number of carbonyl (C=O) groups excluding carboxylic acids is 2. The van der Waals surface area contributed by atoms with Gasteiger partial charge in [0, 0.05) is 13.5 Å². The van der Waals surface area contributed by atoms with E-state index < -0.39 is 0 Å². The SMILES string of the molecule is CC(=O)[C@@H]1[C@@H]2C(CN1C(C)=O)C2(C)C. The number of likely N-dealkylation sites (tertiary alicyclic amines) is 1. The van der Waals surface area contributed by atoms with Crippen LogP contribution in [0.15, 0.2) is 0 Å². The summed E-state index contributed by atoms with van der Waals surface area (Å²) < 4.78 is 0. The second-order valence-electron chi connectivity index (χ2n) is 5.18. The van der Waals surface area contributed by atoms with E-state index >= 15 is 0 Å². The minimum absolute atomic E-state index is 0.0354. The van der Waals surface area contributed by atoms with Crippen LogP contribution in [0.1, 0.15) is 27.7 Å². The van der Waals surface area contributed by atoms with Gasteiger partial charge in [0.2, 0.25) is 5.91 Å². The lowest BCUT2D eigenvalue weighted by Gasteiger charge is -2.28. The van der Waals surface area contributed by atoms with Crippen molar-refractivity contribution in [2.75, 3.05) is 6.54 Å². The van der Waals surface area contributed by atoms with Gasteiger partial charge in [-0.2, -0.15) is 0 Å². The minimum Gasteiger partial charge on any atom is -0.332 e. The van der Waals surface area contributed by atoms with E-state index in [1.807, 2.05) is 0 Å². The number of carbonyl (C=O) groups is 2. The van der Waals surface area contributed by atoms with Crippen molar-refractivity contribution in [2.45, 2.75) is 33.7 Å². The molecular weight excluding hydrogens is 178 g/mol. The molecule has 1 saturated carbocycles. The lowest BCUT2D eigenvalue weighted by Crippen LogP contribution is -2.43. The lowest BCUT2D eigenvalue weighted by molar-refractivity contribution is -0.136. The Morgan fingerprint density at radius 1 is 1.29 bits per heavy atom. The van der Waals surface area contributed by atoms with Gasteiger partial charge in [0.05, 0.1) is 6.04 Å². The number of rotatable bonds is 1. The fourth-order valence-electron chi connectivity index (χ4n) is 3.08. The zero-order valence-corrected chi connectivity index (χ0v) is 9.20. The molecule has 2 aliphatic rings. The van der Waals surface area contributed by atoms with E-state index in [1.165, 1.54) is 0 Å². The summed E-state index contributed by atoms with van der Waals surface area (Å²) in [6.07, 6.45) is 0. The molecule has 0 aromatic carbocycles. The third-order valence-corrected chi connectivity index (χ3v) is 4.03. The molecule has 1 aliphatic carbocycles. The zero-order chi connectivity index (χ0) is 10.7. The first-order valence-electron chi connectivity index (χ1n) is 5.15. The monoisotopic (exact) mass is 195 g/mol. The van der Waals surface area contributed by atoms with Gasteiger partial charge < -0.3 is 4.90 Å². The molecule has 0 bridgehead atoms. The van der Waals surface area contributed by atoms with Crippen molar-refractivity contribution in [1.29, 1.82) is 0 Å². The molecule has 1 saturated heterocycles. The fourth-order valence-corrected chi connectivity index (χ4v) is 3.08. The molecule has 1 aliphatic heterocycles. The number of ketones is 1. The summed E-state index contributed by atoms with van der Waals surface area (Å²) in [6.45, 7) is 8.30. The third-order valence-electron chi connectivity index (χ3n) is 4.03. The van der Waals surface area contributed by atoms with Crippen molar-refractivity contribution in [3.63, 3.8) is 0 Å². The molecule has 0 spiro atoms. The highest BCUT2D eigenvalue weighted by Crippen LogP contribution is 2.64. The fraction of sp³-hybridized carbons (Fsp3) is 0.818. The number of piperidine rings is 1. The van der Waals surface area contributed by atoms with E-state index in [0.717, 1.165) is 6.54 Å². The maximum Gasteiger partial charge on any atom is 0.220 e. The molecule has 14 heavy (non-hydrogen) atoms. The zero-order valence-electron chi connectivity index (χ0n) is 9.20. The molecule has 2 fully saturated rings. The smallest absolute Gasteiger partial charge is 0.220 e. The van der Waals surface area contributed by atoms with Gasteiger partial charge in [-0.15, -0.1) is 0 Å². The largest absolute Gasteiger partial charge is 0.332 e. The van der Waals surface area contributed by atoms with Gasteiger partial charge in [-0.3, -0.25) is 9.59 Å². The molecule has 3 nitrogen and oxygen atoms in total. The van der Waals surface area contributed by atoms with Crippen LogP contribution in [-0.2, 0) is 9.59 Å². The summed E-state index contributed by atoms with van der Waals surface area (Å²) in [6, 6.07) is -0.146. The topological polar surface area (TPSA) is 37.4 Å². The second-order valence-corrected chi connectivity index (χ2v) is 5.18. The van der Waals surface area contributed by atoms with Crippen molar-refractivity contribution in [3.8, 4) is 0 Å². The maximum absolute atomic E-state index is 11.5. The van der Waals surface area contributed by atoms with E-state index in [2.05, 4.69) is 13.8 Å². The molecule has 1 unspecified atom stereocenters. The van der Waals surface area contributed by atoms with Crippen LogP contribution in [0.25, 0.3) is 0 Å². The summed E-state index contributed by atoms with van der Waals surface area (Å²) in [7, 11) is 0. The van der Waals surface area contributed by atoms with Crippen LogP contribution in [0.5, 0.6) is 0 Å². The predicted molar refractivity (Wildman–Crippen MR) is 52.6 cm³/mol. The Bertz CT molecular complexity index is 308. The van der Waals surface area contributed by atoms with Gasteiger partial charge in [0.15, 0.2) is 5.78 Å². The quantitative estimate of drug-likeness (QED) is 0.628. The molecule has 1 amide bonds. The number of hydrogen-bond acceptors (Lipinski definition) is 2. The summed E-state index contributed by atoms with van der Waals surface area (Å²) in [4.78, 5) is 24.5.